The normalized spacial score (nSPS) is 21.2. The second-order valence-electron chi connectivity index (χ2n) is 4.41. The van der Waals surface area contributed by atoms with Crippen LogP contribution in [0, 0.1) is 5.92 Å². The van der Waals surface area contributed by atoms with Crippen molar-refractivity contribution in [3.63, 3.8) is 0 Å². The lowest BCUT2D eigenvalue weighted by Crippen LogP contribution is -2.20. The van der Waals surface area contributed by atoms with E-state index in [0.717, 1.165) is 5.02 Å². The van der Waals surface area contributed by atoms with Crippen LogP contribution in [-0.4, -0.2) is 0 Å². The minimum absolute atomic E-state index is 0.163. The highest BCUT2D eigenvalue weighted by Gasteiger charge is 2.23. The van der Waals surface area contributed by atoms with Gasteiger partial charge in [-0.15, -0.1) is 11.3 Å². The van der Waals surface area contributed by atoms with Crippen molar-refractivity contribution in [3.8, 4) is 0 Å². The Hall–Kier alpha value is -0.0500. The van der Waals surface area contributed by atoms with Crippen molar-refractivity contribution in [1.82, 2.24) is 0 Å². The predicted molar refractivity (Wildman–Crippen MR) is 67.4 cm³/mol. The number of halogens is 1. The number of hydrogen-bond acceptors (Lipinski definition) is 2. The third kappa shape index (κ3) is 2.74. The van der Waals surface area contributed by atoms with Gasteiger partial charge in [0.1, 0.15) is 0 Å². The monoisotopic (exact) mass is 243 g/mol. The van der Waals surface area contributed by atoms with Gasteiger partial charge in [0, 0.05) is 10.9 Å². The summed E-state index contributed by atoms with van der Waals surface area (Å²) in [6.45, 7) is 0. The molecule has 2 rings (SSSR count). The molecule has 2 N–H and O–H groups in total. The summed E-state index contributed by atoms with van der Waals surface area (Å²) in [5.41, 5.74) is 6.31. The number of nitrogens with two attached hydrogens (primary N) is 1. The molecule has 1 aliphatic rings. The van der Waals surface area contributed by atoms with Crippen LogP contribution in [0.15, 0.2) is 11.4 Å². The fourth-order valence-electron chi connectivity index (χ4n) is 2.43. The summed E-state index contributed by atoms with van der Waals surface area (Å²) in [7, 11) is 0. The van der Waals surface area contributed by atoms with Crippen LogP contribution < -0.4 is 5.73 Å². The minimum Gasteiger partial charge on any atom is -0.323 e. The van der Waals surface area contributed by atoms with Crippen LogP contribution >= 0.6 is 22.9 Å². The van der Waals surface area contributed by atoms with Crippen molar-refractivity contribution in [1.29, 1.82) is 0 Å². The van der Waals surface area contributed by atoms with E-state index < -0.39 is 0 Å². The average molecular weight is 244 g/mol. The van der Waals surface area contributed by atoms with Crippen molar-refractivity contribution in [3.05, 3.63) is 21.3 Å². The van der Waals surface area contributed by atoms with Crippen molar-refractivity contribution < 1.29 is 0 Å². The third-order valence-electron chi connectivity index (χ3n) is 3.36. The molecular formula is C12H18ClNS. The Kier molecular flexibility index (Phi) is 4.06. The van der Waals surface area contributed by atoms with Gasteiger partial charge in [-0.2, -0.15) is 0 Å². The van der Waals surface area contributed by atoms with Gasteiger partial charge in [0.2, 0.25) is 0 Å². The maximum atomic E-state index is 6.31. The quantitative estimate of drug-likeness (QED) is 0.767. The van der Waals surface area contributed by atoms with E-state index in [0.29, 0.717) is 5.92 Å². The van der Waals surface area contributed by atoms with Gasteiger partial charge in [0.05, 0.1) is 5.02 Å². The van der Waals surface area contributed by atoms with Gasteiger partial charge in [0.15, 0.2) is 0 Å². The van der Waals surface area contributed by atoms with Gasteiger partial charge in [-0.1, -0.05) is 37.3 Å². The Labute approximate surface area is 101 Å². The molecule has 1 unspecified atom stereocenters. The van der Waals surface area contributed by atoms with Crippen LogP contribution in [0.5, 0.6) is 0 Å². The summed E-state index contributed by atoms with van der Waals surface area (Å²) in [6, 6.07) is 2.12. The first kappa shape index (κ1) is 11.4. The summed E-state index contributed by atoms with van der Waals surface area (Å²) in [5.74, 6) is 0.642. The lowest BCUT2D eigenvalue weighted by atomic mass is 9.91. The van der Waals surface area contributed by atoms with E-state index in [1.807, 2.05) is 11.4 Å². The first-order valence-corrected chi connectivity index (χ1v) is 7.03. The highest BCUT2D eigenvalue weighted by molar-refractivity contribution is 7.10. The smallest absolute Gasteiger partial charge is 0.0561 e. The predicted octanol–water partition coefficient (Wildman–Crippen LogP) is 4.37. The van der Waals surface area contributed by atoms with Gasteiger partial charge < -0.3 is 5.73 Å². The first-order chi connectivity index (χ1) is 7.29. The maximum absolute atomic E-state index is 6.31. The zero-order valence-electron chi connectivity index (χ0n) is 8.92. The molecule has 3 heteroatoms. The molecule has 1 aromatic heterocycles. The van der Waals surface area contributed by atoms with Gasteiger partial charge in [-0.25, -0.2) is 0 Å². The van der Waals surface area contributed by atoms with Crippen molar-refractivity contribution >= 4 is 22.9 Å². The highest BCUT2D eigenvalue weighted by atomic mass is 35.5. The Morgan fingerprint density at radius 1 is 1.27 bits per heavy atom. The van der Waals surface area contributed by atoms with Gasteiger partial charge in [-0.05, 0) is 30.2 Å². The molecule has 1 atom stereocenters. The zero-order chi connectivity index (χ0) is 10.7. The van der Waals surface area contributed by atoms with E-state index in [2.05, 4.69) is 0 Å². The van der Waals surface area contributed by atoms with Crippen molar-refractivity contribution in [2.75, 3.05) is 0 Å². The van der Waals surface area contributed by atoms with E-state index in [1.165, 1.54) is 43.4 Å². The summed E-state index contributed by atoms with van der Waals surface area (Å²) in [4.78, 5) is 1.18. The molecule has 0 aromatic carbocycles. The van der Waals surface area contributed by atoms with E-state index in [1.54, 1.807) is 11.3 Å². The molecule has 1 heterocycles. The molecule has 1 aliphatic carbocycles. The molecule has 0 saturated heterocycles. The number of rotatable bonds is 2. The lowest BCUT2D eigenvalue weighted by Gasteiger charge is -2.21. The molecule has 0 aliphatic heterocycles. The fourth-order valence-corrected chi connectivity index (χ4v) is 3.71. The van der Waals surface area contributed by atoms with Crippen LogP contribution in [-0.2, 0) is 0 Å². The van der Waals surface area contributed by atoms with E-state index >= 15 is 0 Å². The zero-order valence-corrected chi connectivity index (χ0v) is 10.5. The molecule has 1 saturated carbocycles. The Morgan fingerprint density at radius 3 is 2.47 bits per heavy atom. The number of thiophene rings is 1. The summed E-state index contributed by atoms with van der Waals surface area (Å²) in [5, 5.41) is 2.89. The van der Waals surface area contributed by atoms with Crippen LogP contribution in [0.4, 0.5) is 0 Å². The third-order valence-corrected chi connectivity index (χ3v) is 4.82. The molecule has 0 amide bonds. The summed E-state index contributed by atoms with van der Waals surface area (Å²) >= 11 is 7.83. The molecule has 1 aromatic rings. The van der Waals surface area contributed by atoms with Crippen LogP contribution in [0.3, 0.4) is 0 Å². The first-order valence-electron chi connectivity index (χ1n) is 5.77. The standard InChI is InChI=1S/C12H18ClNS/c13-10-7-8-15-12(10)11(14)9-5-3-1-2-4-6-9/h7-9,11H,1-6,14H2. The van der Waals surface area contributed by atoms with E-state index in [9.17, 15) is 0 Å². The van der Waals surface area contributed by atoms with E-state index in [4.69, 9.17) is 17.3 Å². The molecule has 0 radical (unpaired) electrons. The number of hydrogen-bond donors (Lipinski definition) is 1. The van der Waals surface area contributed by atoms with Gasteiger partial charge in [0.25, 0.3) is 0 Å². The van der Waals surface area contributed by atoms with Crippen LogP contribution in [0.25, 0.3) is 0 Å². The Morgan fingerprint density at radius 2 is 1.93 bits per heavy atom. The minimum atomic E-state index is 0.163. The molecule has 84 valence electrons. The van der Waals surface area contributed by atoms with E-state index in [-0.39, 0.29) is 6.04 Å². The molecule has 1 nitrogen and oxygen atoms in total. The second-order valence-corrected chi connectivity index (χ2v) is 5.77. The summed E-state index contributed by atoms with van der Waals surface area (Å²) < 4.78 is 0. The van der Waals surface area contributed by atoms with Crippen LogP contribution in [0.2, 0.25) is 5.02 Å². The lowest BCUT2D eigenvalue weighted by molar-refractivity contribution is 0.386. The maximum Gasteiger partial charge on any atom is 0.0561 e. The fraction of sp³-hybridized carbons (Fsp3) is 0.667. The molecule has 1 fully saturated rings. The molecular weight excluding hydrogens is 226 g/mol. The van der Waals surface area contributed by atoms with Gasteiger partial charge >= 0.3 is 0 Å². The average Bonchev–Trinajstić information content (AvgIpc) is 2.53. The summed E-state index contributed by atoms with van der Waals surface area (Å²) in [6.07, 6.45) is 7.97. The van der Waals surface area contributed by atoms with Gasteiger partial charge in [-0.3, -0.25) is 0 Å². The SMILES string of the molecule is NC(c1sccc1Cl)C1CCCCCC1. The van der Waals surface area contributed by atoms with Crippen molar-refractivity contribution in [2.45, 2.75) is 44.6 Å². The van der Waals surface area contributed by atoms with Crippen molar-refractivity contribution in [2.24, 2.45) is 11.7 Å². The topological polar surface area (TPSA) is 26.0 Å². The highest BCUT2D eigenvalue weighted by Crippen LogP contribution is 2.37. The van der Waals surface area contributed by atoms with Crippen LogP contribution in [0.1, 0.15) is 49.4 Å². The molecule has 0 spiro atoms. The Bertz CT molecular complexity index is 302. The second kappa shape index (κ2) is 5.33. The Balaban J connectivity index is 2.06. The molecule has 15 heavy (non-hydrogen) atoms. The molecule has 0 bridgehead atoms. The largest absolute Gasteiger partial charge is 0.323 e.